The highest BCUT2D eigenvalue weighted by atomic mass is 32.2. The molecule has 1 N–H and O–H groups in total. The van der Waals surface area contributed by atoms with Crippen LogP contribution in [0.1, 0.15) is 31.7 Å². The maximum Gasteiger partial charge on any atom is 0.178 e. The predicted molar refractivity (Wildman–Crippen MR) is 73.6 cm³/mol. The van der Waals surface area contributed by atoms with Gasteiger partial charge in [-0.05, 0) is 24.4 Å². The lowest BCUT2D eigenvalue weighted by Crippen LogP contribution is -2.31. The zero-order valence-corrected chi connectivity index (χ0v) is 11.7. The maximum atomic E-state index is 5.74. The minimum absolute atomic E-state index is 0.748. The van der Waals surface area contributed by atoms with Gasteiger partial charge >= 0.3 is 0 Å². The van der Waals surface area contributed by atoms with Crippen molar-refractivity contribution in [2.75, 3.05) is 6.61 Å². The van der Waals surface area contributed by atoms with Crippen LogP contribution in [0.3, 0.4) is 0 Å². The highest BCUT2D eigenvalue weighted by molar-refractivity contribution is 8.00. The molecule has 0 radical (unpaired) electrons. The van der Waals surface area contributed by atoms with E-state index >= 15 is 0 Å². The average molecular weight is 266 g/mol. The van der Waals surface area contributed by atoms with Crippen LogP contribution in [0, 0.1) is 0 Å². The van der Waals surface area contributed by atoms with Crippen LogP contribution in [0.4, 0.5) is 0 Å². The number of rotatable bonds is 6. The SMILES string of the molecule is CCCCCON1NSC=C1c1ccc[n+](C)c1. The van der Waals surface area contributed by atoms with E-state index in [1.807, 2.05) is 23.9 Å². The van der Waals surface area contributed by atoms with E-state index in [-0.39, 0.29) is 0 Å². The number of unbranched alkanes of at least 4 members (excludes halogenated alkanes) is 2. The van der Waals surface area contributed by atoms with E-state index < -0.39 is 0 Å². The van der Waals surface area contributed by atoms with Gasteiger partial charge in [0.2, 0.25) is 0 Å². The van der Waals surface area contributed by atoms with Crippen molar-refractivity contribution in [1.82, 2.24) is 10.0 Å². The van der Waals surface area contributed by atoms with Crippen LogP contribution in [0.5, 0.6) is 0 Å². The van der Waals surface area contributed by atoms with Crippen molar-refractivity contribution in [2.45, 2.75) is 26.2 Å². The summed E-state index contributed by atoms with van der Waals surface area (Å²) in [7, 11) is 2.02. The summed E-state index contributed by atoms with van der Waals surface area (Å²) in [6.45, 7) is 2.94. The van der Waals surface area contributed by atoms with Gasteiger partial charge in [-0.3, -0.25) is 4.84 Å². The molecule has 0 spiro atoms. The normalized spacial score (nSPS) is 15.0. The Bertz CT molecular complexity index is 422. The van der Waals surface area contributed by atoms with E-state index in [1.165, 1.54) is 24.8 Å². The molecule has 0 unspecified atom stereocenters. The summed E-state index contributed by atoms with van der Waals surface area (Å²) in [5.41, 5.74) is 2.21. The number of hydrazine groups is 1. The fourth-order valence-electron chi connectivity index (χ4n) is 1.76. The lowest BCUT2D eigenvalue weighted by molar-refractivity contribution is -0.671. The van der Waals surface area contributed by atoms with Gasteiger partial charge in [-0.15, -0.1) is 4.83 Å². The predicted octanol–water partition coefficient (Wildman–Crippen LogP) is 2.40. The van der Waals surface area contributed by atoms with Crippen molar-refractivity contribution >= 4 is 17.6 Å². The summed E-state index contributed by atoms with van der Waals surface area (Å²) in [6.07, 6.45) is 7.62. The Morgan fingerprint density at radius 3 is 3.11 bits per heavy atom. The van der Waals surface area contributed by atoms with Gasteiger partial charge in [0.25, 0.3) is 0 Å². The third kappa shape index (κ3) is 3.48. The standard InChI is InChI=1S/C13H20N3OS/c1-3-4-5-9-17-16-13(11-18-14-16)12-7-6-8-15(2)10-12/h6-8,10-11,14H,3-5,9H2,1-2H3/q+1. The van der Waals surface area contributed by atoms with Crippen LogP contribution in [-0.4, -0.2) is 11.8 Å². The van der Waals surface area contributed by atoms with Gasteiger partial charge < -0.3 is 0 Å². The first-order valence-electron chi connectivity index (χ1n) is 6.31. The van der Waals surface area contributed by atoms with Crippen LogP contribution >= 0.6 is 11.9 Å². The fraction of sp³-hybridized carbons (Fsp3) is 0.462. The number of hydrogen-bond acceptors (Lipinski definition) is 4. The second-order valence-electron chi connectivity index (χ2n) is 4.31. The molecule has 0 bridgehead atoms. The zero-order chi connectivity index (χ0) is 12.8. The van der Waals surface area contributed by atoms with Gasteiger partial charge in [0.1, 0.15) is 12.7 Å². The summed E-state index contributed by atoms with van der Waals surface area (Å²) in [6, 6.07) is 4.12. The van der Waals surface area contributed by atoms with Crippen LogP contribution < -0.4 is 9.40 Å². The van der Waals surface area contributed by atoms with E-state index in [0.717, 1.165) is 24.3 Å². The topological polar surface area (TPSA) is 28.4 Å². The van der Waals surface area contributed by atoms with Gasteiger partial charge in [0.15, 0.2) is 12.4 Å². The molecular weight excluding hydrogens is 246 g/mol. The molecule has 0 fully saturated rings. The van der Waals surface area contributed by atoms with Gasteiger partial charge in [-0.2, -0.15) is 5.17 Å². The molecule has 1 aliphatic heterocycles. The monoisotopic (exact) mass is 266 g/mol. The lowest BCUT2D eigenvalue weighted by atomic mass is 10.2. The molecule has 98 valence electrons. The molecule has 1 aromatic rings. The van der Waals surface area contributed by atoms with Crippen LogP contribution in [0.25, 0.3) is 5.70 Å². The van der Waals surface area contributed by atoms with Gasteiger partial charge in [-0.25, -0.2) is 4.57 Å². The Hall–Kier alpha value is -1.04. The molecular formula is C13H20N3OS+. The largest absolute Gasteiger partial charge is 0.257 e. The van der Waals surface area contributed by atoms with E-state index in [0.29, 0.717) is 0 Å². The smallest absolute Gasteiger partial charge is 0.178 e. The summed E-state index contributed by atoms with van der Waals surface area (Å²) in [5.74, 6) is 0. The molecule has 4 nitrogen and oxygen atoms in total. The molecule has 0 saturated carbocycles. The summed E-state index contributed by atoms with van der Waals surface area (Å²) in [5, 5.41) is 3.82. The Kier molecular flexibility index (Phi) is 5.04. The molecule has 1 aromatic heterocycles. The van der Waals surface area contributed by atoms with Crippen molar-refractivity contribution in [3.05, 3.63) is 35.5 Å². The van der Waals surface area contributed by atoms with Crippen LogP contribution in [-0.2, 0) is 11.9 Å². The Morgan fingerprint density at radius 1 is 1.44 bits per heavy atom. The van der Waals surface area contributed by atoms with Gasteiger partial charge in [-0.1, -0.05) is 19.8 Å². The average Bonchev–Trinajstić information content (AvgIpc) is 2.83. The first-order valence-corrected chi connectivity index (χ1v) is 7.19. The third-order valence-electron chi connectivity index (χ3n) is 2.73. The van der Waals surface area contributed by atoms with E-state index in [9.17, 15) is 0 Å². The first-order chi connectivity index (χ1) is 8.81. The first kappa shape index (κ1) is 13.4. The van der Waals surface area contributed by atoms with Crippen molar-refractivity contribution < 1.29 is 9.40 Å². The molecule has 0 aromatic carbocycles. The summed E-state index contributed by atoms with van der Waals surface area (Å²) in [4.78, 5) is 8.86. The molecule has 1 aliphatic rings. The van der Waals surface area contributed by atoms with Crippen LogP contribution in [0.2, 0.25) is 0 Å². The van der Waals surface area contributed by atoms with Crippen molar-refractivity contribution in [1.29, 1.82) is 0 Å². The third-order valence-corrected chi connectivity index (χ3v) is 3.34. The molecule has 0 saturated heterocycles. The molecule has 0 atom stereocenters. The van der Waals surface area contributed by atoms with E-state index in [1.54, 1.807) is 5.17 Å². The zero-order valence-electron chi connectivity index (χ0n) is 10.9. The highest BCUT2D eigenvalue weighted by Crippen LogP contribution is 2.26. The Labute approximate surface area is 113 Å². The van der Waals surface area contributed by atoms with Gasteiger partial charge in [0.05, 0.1) is 12.2 Å². The summed E-state index contributed by atoms with van der Waals surface area (Å²) < 4.78 is 2.04. The molecule has 2 rings (SSSR count). The van der Waals surface area contributed by atoms with Crippen molar-refractivity contribution in [3.8, 4) is 0 Å². The maximum absolute atomic E-state index is 5.74. The van der Waals surface area contributed by atoms with Crippen LogP contribution in [0.15, 0.2) is 29.9 Å². The van der Waals surface area contributed by atoms with Crippen molar-refractivity contribution in [3.63, 3.8) is 0 Å². The number of nitrogens with one attached hydrogen (secondary N) is 1. The molecule has 0 amide bonds. The summed E-state index contributed by atoms with van der Waals surface area (Å²) >= 11 is 1.53. The number of hydroxylamine groups is 1. The lowest BCUT2D eigenvalue weighted by Gasteiger charge is -2.19. The minimum Gasteiger partial charge on any atom is -0.257 e. The quantitative estimate of drug-likeness (QED) is 0.486. The van der Waals surface area contributed by atoms with Gasteiger partial charge in [0, 0.05) is 11.5 Å². The molecule has 0 aliphatic carbocycles. The van der Waals surface area contributed by atoms with E-state index in [2.05, 4.69) is 29.4 Å². The van der Waals surface area contributed by atoms with Crippen molar-refractivity contribution in [2.24, 2.45) is 7.05 Å². The highest BCUT2D eigenvalue weighted by Gasteiger charge is 2.19. The second kappa shape index (κ2) is 6.78. The Balaban J connectivity index is 1.95. The van der Waals surface area contributed by atoms with E-state index in [4.69, 9.17) is 4.84 Å². The number of aromatic nitrogens is 1. The second-order valence-corrected chi connectivity index (χ2v) is 4.96. The Morgan fingerprint density at radius 2 is 2.33 bits per heavy atom. The number of aryl methyl sites for hydroxylation is 1. The molecule has 5 heteroatoms. The fourth-order valence-corrected chi connectivity index (χ4v) is 2.40. The molecule has 2 heterocycles. The number of hydrogen-bond donors (Lipinski definition) is 1. The number of pyridine rings is 1. The minimum atomic E-state index is 0.748. The number of nitrogens with zero attached hydrogens (tertiary/aromatic N) is 2. The molecule has 18 heavy (non-hydrogen) atoms.